The Balaban J connectivity index is 1.71. The number of hydrogen-bond donors (Lipinski definition) is 1. The average Bonchev–Trinajstić information content (AvgIpc) is 3.16. The average molecular weight is 335 g/mol. The molecule has 3 atom stereocenters. The fourth-order valence-electron chi connectivity index (χ4n) is 4.11. The predicted octanol–water partition coefficient (Wildman–Crippen LogP) is 5.31. The Kier molecular flexibility index (Phi) is 4.39. The van der Waals surface area contributed by atoms with E-state index in [1.165, 1.54) is 16.8 Å². The van der Waals surface area contributed by atoms with E-state index in [2.05, 4.69) is 54.7 Å². The lowest BCUT2D eigenvalue weighted by Crippen LogP contribution is -2.29. The summed E-state index contributed by atoms with van der Waals surface area (Å²) >= 11 is 0. The summed E-state index contributed by atoms with van der Waals surface area (Å²) in [5.74, 6) is 2.86. The highest BCUT2D eigenvalue weighted by molar-refractivity contribution is 5.62. The first-order valence-electron chi connectivity index (χ1n) is 9.14. The summed E-state index contributed by atoms with van der Waals surface area (Å²) in [6, 6.07) is 15.0. The lowest BCUT2D eigenvalue weighted by atomic mass is 9.77. The molecule has 0 bridgehead atoms. The van der Waals surface area contributed by atoms with Crippen molar-refractivity contribution >= 4 is 5.69 Å². The maximum Gasteiger partial charge on any atom is 0.124 e. The molecule has 1 heterocycles. The van der Waals surface area contributed by atoms with E-state index >= 15 is 0 Å². The van der Waals surface area contributed by atoms with Gasteiger partial charge in [-0.3, -0.25) is 0 Å². The zero-order valence-corrected chi connectivity index (χ0v) is 14.9. The van der Waals surface area contributed by atoms with Crippen LogP contribution in [0.2, 0.25) is 0 Å². The van der Waals surface area contributed by atoms with E-state index in [-0.39, 0.29) is 6.04 Å². The molecule has 3 unspecified atom stereocenters. The van der Waals surface area contributed by atoms with Gasteiger partial charge >= 0.3 is 0 Å². The normalized spacial score (nSPS) is 23.5. The van der Waals surface area contributed by atoms with Gasteiger partial charge in [0.25, 0.3) is 0 Å². The highest BCUT2D eigenvalue weighted by Gasteiger charge is 2.39. The summed E-state index contributed by atoms with van der Waals surface area (Å²) in [6.07, 6.45) is 6.78. The van der Waals surface area contributed by atoms with Gasteiger partial charge in [0.05, 0.1) is 19.8 Å². The van der Waals surface area contributed by atoms with Gasteiger partial charge in [-0.15, -0.1) is 0 Å². The summed E-state index contributed by atoms with van der Waals surface area (Å²) in [7, 11) is 1.75. The van der Waals surface area contributed by atoms with Gasteiger partial charge in [-0.25, -0.2) is 0 Å². The van der Waals surface area contributed by atoms with Crippen LogP contribution in [0.25, 0.3) is 0 Å². The molecule has 3 nitrogen and oxygen atoms in total. The van der Waals surface area contributed by atoms with E-state index in [0.717, 1.165) is 30.9 Å². The lowest BCUT2D eigenvalue weighted by Gasteiger charge is -2.38. The second-order valence-corrected chi connectivity index (χ2v) is 6.81. The number of methoxy groups -OCH3 is 1. The third-order valence-electron chi connectivity index (χ3n) is 5.28. The summed E-state index contributed by atoms with van der Waals surface area (Å²) in [5.41, 5.74) is 3.78. The van der Waals surface area contributed by atoms with Gasteiger partial charge in [-0.05, 0) is 48.6 Å². The summed E-state index contributed by atoms with van der Waals surface area (Å²) in [4.78, 5) is 0. The van der Waals surface area contributed by atoms with Crippen molar-refractivity contribution in [1.29, 1.82) is 0 Å². The smallest absolute Gasteiger partial charge is 0.124 e. The first-order valence-corrected chi connectivity index (χ1v) is 9.14. The largest absolute Gasteiger partial charge is 0.496 e. The first-order chi connectivity index (χ1) is 12.3. The Bertz CT molecular complexity index is 783. The molecule has 0 radical (unpaired) electrons. The number of ether oxygens (including phenoxy) is 2. The zero-order chi connectivity index (χ0) is 17.2. The van der Waals surface area contributed by atoms with Crippen molar-refractivity contribution in [2.24, 2.45) is 5.92 Å². The molecular formula is C22H25NO2. The number of rotatable bonds is 5. The maximum absolute atomic E-state index is 5.85. The van der Waals surface area contributed by atoms with Crippen LogP contribution in [0.5, 0.6) is 11.5 Å². The van der Waals surface area contributed by atoms with Gasteiger partial charge < -0.3 is 14.8 Å². The maximum atomic E-state index is 5.85. The first kappa shape index (κ1) is 16.1. The van der Waals surface area contributed by atoms with Gasteiger partial charge in [0, 0.05) is 17.2 Å². The van der Waals surface area contributed by atoms with Crippen LogP contribution in [0.3, 0.4) is 0 Å². The van der Waals surface area contributed by atoms with Gasteiger partial charge in [-0.1, -0.05) is 37.3 Å². The van der Waals surface area contributed by atoms with Crippen LogP contribution in [0.1, 0.15) is 42.9 Å². The molecule has 2 aromatic carbocycles. The Morgan fingerprint density at radius 3 is 2.84 bits per heavy atom. The number of anilines is 1. The zero-order valence-electron chi connectivity index (χ0n) is 14.9. The SMILES string of the molecule is CCCOc1ccc2c(c1)C1C=CCC1C(c1ccccc1OC)N2. The van der Waals surface area contributed by atoms with E-state index in [4.69, 9.17) is 9.47 Å². The van der Waals surface area contributed by atoms with Crippen LogP contribution in [0.15, 0.2) is 54.6 Å². The molecule has 0 aromatic heterocycles. The molecule has 130 valence electrons. The Morgan fingerprint density at radius 1 is 1.12 bits per heavy atom. The van der Waals surface area contributed by atoms with Crippen LogP contribution in [0, 0.1) is 5.92 Å². The highest BCUT2D eigenvalue weighted by atomic mass is 16.5. The molecule has 1 aliphatic heterocycles. The van der Waals surface area contributed by atoms with Crippen molar-refractivity contribution < 1.29 is 9.47 Å². The fraction of sp³-hybridized carbons (Fsp3) is 0.364. The number of allylic oxidation sites excluding steroid dienone is 2. The number of benzene rings is 2. The van der Waals surface area contributed by atoms with Crippen LogP contribution >= 0.6 is 0 Å². The molecule has 0 saturated heterocycles. The molecule has 4 rings (SSSR count). The minimum absolute atomic E-state index is 0.256. The second-order valence-electron chi connectivity index (χ2n) is 6.81. The highest BCUT2D eigenvalue weighted by Crippen LogP contribution is 2.51. The van der Waals surface area contributed by atoms with Crippen LogP contribution in [0.4, 0.5) is 5.69 Å². The molecule has 25 heavy (non-hydrogen) atoms. The molecule has 1 aliphatic carbocycles. The van der Waals surface area contributed by atoms with Crippen molar-refractivity contribution in [2.75, 3.05) is 19.0 Å². The molecule has 0 fully saturated rings. The van der Waals surface area contributed by atoms with E-state index in [1.54, 1.807) is 7.11 Å². The molecule has 2 aromatic rings. The number of hydrogen-bond acceptors (Lipinski definition) is 3. The monoisotopic (exact) mass is 335 g/mol. The Labute approximate surface area is 149 Å². The van der Waals surface area contributed by atoms with E-state index in [1.807, 2.05) is 12.1 Å². The lowest BCUT2D eigenvalue weighted by molar-refractivity contribution is 0.316. The molecule has 2 aliphatic rings. The van der Waals surface area contributed by atoms with Crippen LogP contribution < -0.4 is 14.8 Å². The molecule has 3 heteroatoms. The van der Waals surface area contributed by atoms with E-state index < -0.39 is 0 Å². The third-order valence-corrected chi connectivity index (χ3v) is 5.28. The van der Waals surface area contributed by atoms with Gasteiger partial charge in [0.15, 0.2) is 0 Å². The molecule has 0 saturated carbocycles. The standard InChI is InChI=1S/C22H25NO2/c1-3-13-25-15-11-12-20-19(14-15)16-8-6-9-17(16)22(23-20)18-7-4-5-10-21(18)24-2/h4-8,10-12,14,16-17,22-23H,3,9,13H2,1-2H3. The Hall–Kier alpha value is -2.42. The summed E-state index contributed by atoms with van der Waals surface area (Å²) in [5, 5.41) is 3.77. The van der Waals surface area contributed by atoms with E-state index in [0.29, 0.717) is 11.8 Å². The second kappa shape index (κ2) is 6.83. The van der Waals surface area contributed by atoms with Crippen molar-refractivity contribution in [3.8, 4) is 11.5 Å². The van der Waals surface area contributed by atoms with Crippen LogP contribution in [-0.4, -0.2) is 13.7 Å². The molecule has 0 spiro atoms. The van der Waals surface area contributed by atoms with E-state index in [9.17, 15) is 0 Å². The molecule has 1 N–H and O–H groups in total. The van der Waals surface area contributed by atoms with Gasteiger partial charge in [0.1, 0.15) is 11.5 Å². The van der Waals surface area contributed by atoms with Crippen molar-refractivity contribution in [2.45, 2.75) is 31.7 Å². The number of para-hydroxylation sites is 1. The minimum Gasteiger partial charge on any atom is -0.496 e. The van der Waals surface area contributed by atoms with Crippen LogP contribution in [-0.2, 0) is 0 Å². The van der Waals surface area contributed by atoms with Gasteiger partial charge in [-0.2, -0.15) is 0 Å². The summed E-state index contributed by atoms with van der Waals surface area (Å²) < 4.78 is 11.5. The van der Waals surface area contributed by atoms with Crippen molar-refractivity contribution in [1.82, 2.24) is 0 Å². The number of fused-ring (bicyclic) bond motifs is 3. The van der Waals surface area contributed by atoms with Crippen molar-refractivity contribution in [3.05, 3.63) is 65.7 Å². The predicted molar refractivity (Wildman–Crippen MR) is 102 cm³/mol. The fourth-order valence-corrected chi connectivity index (χ4v) is 4.11. The molecule has 0 amide bonds. The third kappa shape index (κ3) is 2.88. The number of nitrogens with one attached hydrogen (secondary N) is 1. The van der Waals surface area contributed by atoms with Crippen molar-refractivity contribution in [3.63, 3.8) is 0 Å². The van der Waals surface area contributed by atoms with Gasteiger partial charge in [0.2, 0.25) is 0 Å². The summed E-state index contributed by atoms with van der Waals surface area (Å²) in [6.45, 7) is 2.90. The Morgan fingerprint density at radius 2 is 2.00 bits per heavy atom. The minimum atomic E-state index is 0.256. The quantitative estimate of drug-likeness (QED) is 0.751. The molecular weight excluding hydrogens is 310 g/mol. The topological polar surface area (TPSA) is 30.5 Å².